The fraction of sp³-hybridized carbons (Fsp3) is 0.333. The second kappa shape index (κ2) is 7.56. The van der Waals surface area contributed by atoms with Gasteiger partial charge in [-0.05, 0) is 53.0 Å². The third-order valence-corrected chi connectivity index (χ3v) is 4.64. The highest BCUT2D eigenvalue weighted by Gasteiger charge is 2.08. The van der Waals surface area contributed by atoms with E-state index in [2.05, 4.69) is 39.2 Å². The third kappa shape index (κ3) is 4.82. The summed E-state index contributed by atoms with van der Waals surface area (Å²) in [7, 11) is 0. The van der Waals surface area contributed by atoms with Crippen LogP contribution in [0.4, 0.5) is 5.82 Å². The van der Waals surface area contributed by atoms with Gasteiger partial charge in [-0.2, -0.15) is 0 Å². The topological polar surface area (TPSA) is 68.0 Å². The summed E-state index contributed by atoms with van der Waals surface area (Å²) in [6.07, 6.45) is 2.63. The molecule has 0 spiro atoms. The van der Waals surface area contributed by atoms with Gasteiger partial charge in [0.2, 0.25) is 0 Å². The number of pyridine rings is 1. The van der Waals surface area contributed by atoms with Crippen molar-refractivity contribution in [2.24, 2.45) is 0 Å². The molecule has 6 heteroatoms. The molecular weight excluding hydrogens is 350 g/mol. The number of carbonyl (C=O) groups excluding carboxylic acids is 1. The molecule has 21 heavy (non-hydrogen) atoms. The Labute approximate surface area is 136 Å². The van der Waals surface area contributed by atoms with Crippen molar-refractivity contribution in [2.75, 3.05) is 12.3 Å². The molecule has 112 valence electrons. The maximum atomic E-state index is 12.1. The fourth-order valence-electron chi connectivity index (χ4n) is 2.01. The Morgan fingerprint density at radius 2 is 2.19 bits per heavy atom. The lowest BCUT2D eigenvalue weighted by Crippen LogP contribution is -2.25. The SMILES string of the molecule is CCCc1cc(C(=O)NCCc2ccc(Br)s2)cc(N)n1. The van der Waals surface area contributed by atoms with Crippen LogP contribution < -0.4 is 11.1 Å². The molecule has 0 aliphatic heterocycles. The molecule has 0 aliphatic rings. The average molecular weight is 368 g/mol. The van der Waals surface area contributed by atoms with Gasteiger partial charge in [-0.3, -0.25) is 4.79 Å². The van der Waals surface area contributed by atoms with Gasteiger partial charge in [0.15, 0.2) is 0 Å². The lowest BCUT2D eigenvalue weighted by atomic mass is 10.1. The molecule has 2 heterocycles. The molecule has 2 aromatic heterocycles. The Bertz CT molecular complexity index is 627. The summed E-state index contributed by atoms with van der Waals surface area (Å²) in [4.78, 5) is 17.6. The number of anilines is 1. The van der Waals surface area contributed by atoms with Crippen molar-refractivity contribution in [1.29, 1.82) is 0 Å². The van der Waals surface area contributed by atoms with Gasteiger partial charge in [-0.25, -0.2) is 4.98 Å². The van der Waals surface area contributed by atoms with Gasteiger partial charge >= 0.3 is 0 Å². The van der Waals surface area contributed by atoms with Crippen LogP contribution in [0.2, 0.25) is 0 Å². The Kier molecular flexibility index (Phi) is 5.76. The average Bonchev–Trinajstić information content (AvgIpc) is 2.84. The number of nitrogens with zero attached hydrogens (tertiary/aromatic N) is 1. The van der Waals surface area contributed by atoms with E-state index in [1.165, 1.54) is 4.88 Å². The van der Waals surface area contributed by atoms with E-state index < -0.39 is 0 Å². The zero-order valence-electron chi connectivity index (χ0n) is 11.9. The molecule has 2 rings (SSSR count). The molecule has 0 saturated heterocycles. The van der Waals surface area contributed by atoms with Crippen molar-refractivity contribution in [2.45, 2.75) is 26.2 Å². The van der Waals surface area contributed by atoms with Gasteiger partial charge in [-0.1, -0.05) is 13.3 Å². The summed E-state index contributed by atoms with van der Waals surface area (Å²) >= 11 is 5.11. The number of nitrogens with one attached hydrogen (secondary N) is 1. The highest BCUT2D eigenvalue weighted by molar-refractivity contribution is 9.11. The second-order valence-electron chi connectivity index (χ2n) is 4.73. The van der Waals surface area contributed by atoms with Crippen LogP contribution >= 0.6 is 27.3 Å². The maximum Gasteiger partial charge on any atom is 0.251 e. The van der Waals surface area contributed by atoms with E-state index in [-0.39, 0.29) is 5.91 Å². The van der Waals surface area contributed by atoms with Gasteiger partial charge < -0.3 is 11.1 Å². The molecule has 1 amide bonds. The number of hydrogen-bond donors (Lipinski definition) is 2. The summed E-state index contributed by atoms with van der Waals surface area (Å²) in [6.45, 7) is 2.68. The number of halogens is 1. The van der Waals surface area contributed by atoms with Crippen molar-refractivity contribution in [3.8, 4) is 0 Å². The lowest BCUT2D eigenvalue weighted by molar-refractivity contribution is 0.0954. The van der Waals surface area contributed by atoms with Crippen LogP contribution in [0.25, 0.3) is 0 Å². The van der Waals surface area contributed by atoms with Crippen LogP contribution in [0.3, 0.4) is 0 Å². The van der Waals surface area contributed by atoms with E-state index in [9.17, 15) is 4.79 Å². The number of amides is 1. The summed E-state index contributed by atoms with van der Waals surface area (Å²) in [5.74, 6) is 0.297. The highest BCUT2D eigenvalue weighted by Crippen LogP contribution is 2.22. The first-order valence-electron chi connectivity index (χ1n) is 6.87. The van der Waals surface area contributed by atoms with Crippen molar-refractivity contribution >= 4 is 39.0 Å². The first kappa shape index (κ1) is 16.0. The number of nitrogen functional groups attached to an aromatic ring is 1. The zero-order valence-corrected chi connectivity index (χ0v) is 14.3. The van der Waals surface area contributed by atoms with Gasteiger partial charge in [0.1, 0.15) is 5.82 Å². The molecule has 2 aromatic rings. The molecule has 3 N–H and O–H groups in total. The standard InChI is InChI=1S/C15H18BrN3OS/c1-2-3-11-8-10(9-14(17)19-11)15(20)18-7-6-12-4-5-13(16)21-12/h4-5,8-9H,2-3,6-7H2,1H3,(H2,17,19)(H,18,20). The molecule has 0 atom stereocenters. The van der Waals surface area contributed by atoms with E-state index in [0.717, 1.165) is 28.7 Å². The quantitative estimate of drug-likeness (QED) is 0.821. The molecule has 4 nitrogen and oxygen atoms in total. The minimum Gasteiger partial charge on any atom is -0.384 e. The number of hydrogen-bond acceptors (Lipinski definition) is 4. The number of thiophene rings is 1. The largest absolute Gasteiger partial charge is 0.384 e. The first-order chi connectivity index (χ1) is 10.1. The Morgan fingerprint density at radius 3 is 2.86 bits per heavy atom. The van der Waals surface area contributed by atoms with Gasteiger partial charge in [-0.15, -0.1) is 11.3 Å². The third-order valence-electron chi connectivity index (χ3n) is 2.95. The van der Waals surface area contributed by atoms with Crippen LogP contribution in [0.5, 0.6) is 0 Å². The Balaban J connectivity index is 1.93. The predicted molar refractivity (Wildman–Crippen MR) is 90.7 cm³/mol. The number of nitrogens with two attached hydrogens (primary N) is 1. The van der Waals surface area contributed by atoms with Crippen molar-refractivity contribution in [1.82, 2.24) is 10.3 Å². The van der Waals surface area contributed by atoms with E-state index in [1.54, 1.807) is 17.4 Å². The number of carbonyl (C=O) groups is 1. The molecule has 0 saturated carbocycles. The van der Waals surface area contributed by atoms with E-state index in [4.69, 9.17) is 5.73 Å². The van der Waals surface area contributed by atoms with Gasteiger partial charge in [0, 0.05) is 22.7 Å². The van der Waals surface area contributed by atoms with E-state index >= 15 is 0 Å². The molecule has 0 unspecified atom stereocenters. The van der Waals surface area contributed by atoms with Crippen LogP contribution in [0, 0.1) is 0 Å². The molecule has 0 fully saturated rings. The van der Waals surface area contributed by atoms with Gasteiger partial charge in [0.25, 0.3) is 5.91 Å². The summed E-state index contributed by atoms with van der Waals surface area (Å²) < 4.78 is 1.11. The molecule has 0 aromatic carbocycles. The van der Waals surface area contributed by atoms with Crippen molar-refractivity contribution < 1.29 is 4.79 Å². The second-order valence-corrected chi connectivity index (χ2v) is 7.28. The molecular formula is C15H18BrN3OS. The minimum atomic E-state index is -0.0999. The van der Waals surface area contributed by atoms with Crippen molar-refractivity contribution in [3.63, 3.8) is 0 Å². The van der Waals surface area contributed by atoms with E-state index in [1.807, 2.05) is 12.1 Å². The van der Waals surface area contributed by atoms with E-state index in [0.29, 0.717) is 17.9 Å². The zero-order chi connectivity index (χ0) is 15.2. The molecule has 0 radical (unpaired) electrons. The smallest absolute Gasteiger partial charge is 0.251 e. The monoisotopic (exact) mass is 367 g/mol. The summed E-state index contributed by atoms with van der Waals surface area (Å²) in [5, 5.41) is 2.92. The highest BCUT2D eigenvalue weighted by atomic mass is 79.9. The number of aryl methyl sites for hydroxylation is 1. The molecule has 0 bridgehead atoms. The van der Waals surface area contributed by atoms with Crippen molar-refractivity contribution in [3.05, 3.63) is 44.2 Å². The maximum absolute atomic E-state index is 12.1. The van der Waals surface area contributed by atoms with Gasteiger partial charge in [0.05, 0.1) is 3.79 Å². The number of aromatic nitrogens is 1. The van der Waals surface area contributed by atoms with Crippen LogP contribution in [-0.4, -0.2) is 17.4 Å². The Morgan fingerprint density at radius 1 is 1.38 bits per heavy atom. The lowest BCUT2D eigenvalue weighted by Gasteiger charge is -2.07. The number of rotatable bonds is 6. The summed E-state index contributed by atoms with van der Waals surface area (Å²) in [6, 6.07) is 7.51. The first-order valence-corrected chi connectivity index (χ1v) is 8.48. The predicted octanol–water partition coefficient (Wildman–Crippen LogP) is 3.41. The Hall–Kier alpha value is -1.40. The minimum absolute atomic E-state index is 0.0999. The normalized spacial score (nSPS) is 10.6. The summed E-state index contributed by atoms with van der Waals surface area (Å²) in [5.41, 5.74) is 7.20. The van der Waals surface area contributed by atoms with Crippen LogP contribution in [0.1, 0.15) is 34.3 Å². The van der Waals surface area contributed by atoms with Crippen LogP contribution in [0.15, 0.2) is 28.1 Å². The van der Waals surface area contributed by atoms with Crippen LogP contribution in [-0.2, 0) is 12.8 Å². The fourth-order valence-corrected chi connectivity index (χ4v) is 3.50. The molecule has 0 aliphatic carbocycles.